The minimum absolute atomic E-state index is 0.0608. The molecule has 18 nitrogen and oxygen atoms in total. The molecule has 18 heteroatoms. The van der Waals surface area contributed by atoms with Gasteiger partial charge in [0.15, 0.2) is 0 Å². The maximum Gasteiger partial charge on any atom is 0.408 e. The molecule has 2 fully saturated rings. The standard InChI is InChI=1S/C52H54N8O10/c1-65-19-21-67-51(63)57-45(31-11-5-3-6-12-31)49(61)59-17-9-15-39(59)47-53-27-37(55-47)33-23-35-29-70-42-26-34(24-36-30-69-41(25-33)43(35)44(36)42)38-28-54-48(56-38)40-16-10-18-60(40)50(62)46(32-13-7-4-8-14-32)58-52(64)68-22-20-66-2/h3-8,11-14,23-28,39-40,45-46H,9-10,15-22,29-30H2,1-2H3,(H,53,55)(H,54,56)(H,57,63)(H,58,64)/t39-,40-,45+,46+/m0/s1. The maximum absolute atomic E-state index is 14.3. The van der Waals surface area contributed by atoms with Gasteiger partial charge in [-0.05, 0) is 61.1 Å². The van der Waals surface area contributed by atoms with Gasteiger partial charge in [0.2, 0.25) is 0 Å². The lowest BCUT2D eigenvalue weighted by Gasteiger charge is -2.30. The molecule has 10 rings (SSSR count). The Morgan fingerprint density at radius 2 is 1.06 bits per heavy atom. The van der Waals surface area contributed by atoms with Crippen LogP contribution in [0.3, 0.4) is 0 Å². The second kappa shape index (κ2) is 20.5. The molecule has 4 amide bonds. The number of alkyl carbamates (subject to hydrolysis) is 2. The van der Waals surface area contributed by atoms with Gasteiger partial charge < -0.3 is 58.8 Å². The predicted octanol–water partition coefficient (Wildman–Crippen LogP) is 7.47. The van der Waals surface area contributed by atoms with E-state index in [1.54, 1.807) is 22.2 Å². The molecule has 0 radical (unpaired) electrons. The van der Waals surface area contributed by atoms with Gasteiger partial charge in [-0.15, -0.1) is 0 Å². The number of benzene rings is 4. The van der Waals surface area contributed by atoms with Crippen LogP contribution in [-0.4, -0.2) is 107 Å². The van der Waals surface area contributed by atoms with Crippen molar-refractivity contribution in [3.05, 3.63) is 131 Å². The first-order chi connectivity index (χ1) is 34.3. The van der Waals surface area contributed by atoms with E-state index in [2.05, 4.69) is 32.7 Å². The first-order valence-electron chi connectivity index (χ1n) is 23.5. The molecule has 0 aliphatic carbocycles. The highest BCUT2D eigenvalue weighted by Crippen LogP contribution is 2.51. The van der Waals surface area contributed by atoms with Crippen LogP contribution in [0.4, 0.5) is 9.59 Å². The SMILES string of the molecule is COCCOC(=O)N[C@@H](C(=O)N1CCC[C@H]1c1ncc(-c2cc3c4c(c2)OCc2cc(-c5cnc([C@@H]6CCCN6C(=O)[C@H](NC(=O)OCCOC)c6ccccc6)[nH]5)cc(c2-4)OC3)[nH]1)c1ccccc1. The van der Waals surface area contributed by atoms with Gasteiger partial charge in [-0.2, -0.15) is 0 Å². The third kappa shape index (κ3) is 9.39. The second-order valence-electron chi connectivity index (χ2n) is 17.6. The van der Waals surface area contributed by atoms with Crippen LogP contribution in [0.5, 0.6) is 11.5 Å². The smallest absolute Gasteiger partial charge is 0.408 e. The third-order valence-corrected chi connectivity index (χ3v) is 13.2. The van der Waals surface area contributed by atoms with Crippen molar-refractivity contribution in [1.29, 1.82) is 0 Å². The fourth-order valence-corrected chi connectivity index (χ4v) is 9.88. The Morgan fingerprint density at radius 1 is 0.629 bits per heavy atom. The molecule has 2 saturated heterocycles. The van der Waals surface area contributed by atoms with E-state index in [1.165, 1.54) is 14.2 Å². The number of carbonyl (C=O) groups is 4. The van der Waals surface area contributed by atoms with E-state index in [0.717, 1.165) is 69.1 Å². The summed E-state index contributed by atoms with van der Waals surface area (Å²) in [5.74, 6) is 2.27. The number of nitrogens with zero attached hydrogens (tertiary/aromatic N) is 4. The molecule has 70 heavy (non-hydrogen) atoms. The van der Waals surface area contributed by atoms with E-state index in [9.17, 15) is 19.2 Å². The third-order valence-electron chi connectivity index (χ3n) is 13.2. The summed E-state index contributed by atoms with van der Waals surface area (Å²) in [5.41, 5.74) is 8.49. The minimum atomic E-state index is -0.951. The molecule has 4 N–H and O–H groups in total. The summed E-state index contributed by atoms with van der Waals surface area (Å²) >= 11 is 0. The molecule has 6 heterocycles. The number of H-pyrrole nitrogens is 2. The topological polar surface area (TPSA) is 212 Å². The molecule has 0 bridgehead atoms. The molecule has 4 atom stereocenters. The summed E-state index contributed by atoms with van der Waals surface area (Å²) in [6, 6.07) is 23.9. The van der Waals surface area contributed by atoms with Crippen molar-refractivity contribution in [3.8, 4) is 45.1 Å². The molecular formula is C52H54N8O10. The molecule has 4 aliphatic heterocycles. The lowest BCUT2D eigenvalue weighted by atomic mass is 9.87. The number of rotatable bonds is 16. The summed E-state index contributed by atoms with van der Waals surface area (Å²) < 4.78 is 33.5. The zero-order valence-corrected chi connectivity index (χ0v) is 38.9. The Kier molecular flexibility index (Phi) is 13.5. The van der Waals surface area contributed by atoms with E-state index >= 15 is 0 Å². The maximum atomic E-state index is 14.3. The van der Waals surface area contributed by atoms with Gasteiger partial charge in [-0.1, -0.05) is 60.7 Å². The van der Waals surface area contributed by atoms with Crippen molar-refractivity contribution in [2.45, 2.75) is 63.1 Å². The molecule has 6 aromatic rings. The van der Waals surface area contributed by atoms with Crippen molar-refractivity contribution >= 4 is 24.0 Å². The van der Waals surface area contributed by atoms with E-state index in [0.29, 0.717) is 61.9 Å². The summed E-state index contributed by atoms with van der Waals surface area (Å²) in [4.78, 5) is 74.2. The normalized spacial score (nSPS) is 17.5. The van der Waals surface area contributed by atoms with Crippen molar-refractivity contribution in [2.75, 3.05) is 53.7 Å². The minimum Gasteiger partial charge on any atom is -0.488 e. The van der Waals surface area contributed by atoms with Gasteiger partial charge in [-0.3, -0.25) is 9.59 Å². The zero-order chi connectivity index (χ0) is 48.1. The van der Waals surface area contributed by atoms with Crippen LogP contribution in [0.1, 0.15) is 83.8 Å². The lowest BCUT2D eigenvalue weighted by Crippen LogP contribution is -2.43. The van der Waals surface area contributed by atoms with Gasteiger partial charge in [0.25, 0.3) is 11.8 Å². The number of carbonyl (C=O) groups excluding carboxylic acids is 4. The molecule has 0 saturated carbocycles. The van der Waals surface area contributed by atoms with Gasteiger partial charge in [0.1, 0.15) is 61.7 Å². The van der Waals surface area contributed by atoms with E-state index in [1.807, 2.05) is 72.8 Å². The fraction of sp³-hybridized carbons (Fsp3) is 0.346. The summed E-state index contributed by atoms with van der Waals surface area (Å²) in [7, 11) is 3.04. The summed E-state index contributed by atoms with van der Waals surface area (Å²) in [5, 5.41) is 5.55. The number of aromatic amines is 2. The Hall–Kier alpha value is -7.70. The van der Waals surface area contributed by atoms with Crippen LogP contribution in [0.15, 0.2) is 97.3 Å². The van der Waals surface area contributed by atoms with E-state index in [-0.39, 0.29) is 50.3 Å². The monoisotopic (exact) mass is 950 g/mol. The fourth-order valence-electron chi connectivity index (χ4n) is 9.88. The molecule has 362 valence electrons. The van der Waals surface area contributed by atoms with Crippen LogP contribution in [0.25, 0.3) is 33.6 Å². The zero-order valence-electron chi connectivity index (χ0n) is 38.9. The highest BCUT2D eigenvalue weighted by atomic mass is 16.6. The molecule has 0 spiro atoms. The summed E-state index contributed by atoms with van der Waals surface area (Å²) in [6.07, 6.45) is 5.11. The number of likely N-dealkylation sites (tertiary alicyclic amines) is 2. The van der Waals surface area contributed by atoms with Crippen LogP contribution in [0.2, 0.25) is 0 Å². The summed E-state index contributed by atoms with van der Waals surface area (Å²) in [6.45, 7) is 2.24. The first kappa shape index (κ1) is 46.1. The first-order valence-corrected chi connectivity index (χ1v) is 23.5. The van der Waals surface area contributed by atoms with Crippen molar-refractivity contribution in [1.82, 2.24) is 40.4 Å². The second-order valence-corrected chi connectivity index (χ2v) is 17.6. The number of amides is 4. The number of nitrogens with one attached hydrogen (secondary N) is 4. The highest BCUT2D eigenvalue weighted by molar-refractivity contribution is 5.90. The van der Waals surface area contributed by atoms with Crippen LogP contribution in [-0.2, 0) is 41.8 Å². The molecule has 4 aromatic carbocycles. The van der Waals surface area contributed by atoms with Gasteiger partial charge in [0, 0.05) is 60.7 Å². The van der Waals surface area contributed by atoms with E-state index in [4.69, 9.17) is 38.4 Å². The quantitative estimate of drug-likeness (QED) is 0.0696. The van der Waals surface area contributed by atoms with Gasteiger partial charge in [0.05, 0.1) is 49.1 Å². The number of aromatic nitrogens is 4. The lowest BCUT2D eigenvalue weighted by molar-refractivity contribution is -0.135. The predicted molar refractivity (Wildman–Crippen MR) is 254 cm³/mol. The molecule has 0 unspecified atom stereocenters. The van der Waals surface area contributed by atoms with Crippen molar-refractivity contribution in [3.63, 3.8) is 0 Å². The van der Waals surface area contributed by atoms with Crippen LogP contribution >= 0.6 is 0 Å². The van der Waals surface area contributed by atoms with Crippen LogP contribution < -0.4 is 20.1 Å². The number of imidazole rings is 2. The number of hydrogen-bond acceptors (Lipinski definition) is 12. The molecule has 2 aromatic heterocycles. The van der Waals surface area contributed by atoms with Gasteiger partial charge in [-0.25, -0.2) is 19.6 Å². The average Bonchev–Trinajstić information content (AvgIpc) is 4.25. The number of hydrogen-bond donors (Lipinski definition) is 4. The largest absolute Gasteiger partial charge is 0.488 e. The van der Waals surface area contributed by atoms with Crippen molar-refractivity contribution in [2.24, 2.45) is 0 Å². The Labute approximate surface area is 404 Å². The Morgan fingerprint density at radius 3 is 1.47 bits per heavy atom. The molecule has 4 aliphatic rings. The van der Waals surface area contributed by atoms with Crippen LogP contribution in [0, 0.1) is 0 Å². The number of methoxy groups -OCH3 is 2. The Balaban J connectivity index is 0.854. The Bertz CT molecular complexity index is 2630. The van der Waals surface area contributed by atoms with Gasteiger partial charge >= 0.3 is 12.2 Å². The number of ether oxygens (including phenoxy) is 6. The molecular weight excluding hydrogens is 897 g/mol. The van der Waals surface area contributed by atoms with Crippen molar-refractivity contribution < 1.29 is 47.6 Å². The highest BCUT2D eigenvalue weighted by Gasteiger charge is 2.39. The average molecular weight is 951 g/mol. The van der Waals surface area contributed by atoms with E-state index < -0.39 is 24.3 Å².